The van der Waals surface area contributed by atoms with Crippen LogP contribution in [0.3, 0.4) is 0 Å². The van der Waals surface area contributed by atoms with E-state index in [4.69, 9.17) is 9.84 Å². The molecule has 0 aliphatic carbocycles. The van der Waals surface area contributed by atoms with E-state index < -0.39 is 5.97 Å². The first-order chi connectivity index (χ1) is 18.5. The number of ether oxygens (including phenoxy) is 1. The number of piperazine rings is 1. The Hall–Kier alpha value is -3.71. The monoisotopic (exact) mass is 514 g/mol. The van der Waals surface area contributed by atoms with Crippen molar-refractivity contribution < 1.29 is 14.6 Å². The number of benzene rings is 2. The van der Waals surface area contributed by atoms with Crippen LogP contribution in [0.5, 0.6) is 5.75 Å². The van der Waals surface area contributed by atoms with Crippen LogP contribution in [0.1, 0.15) is 54.9 Å². The topological polar surface area (TPSA) is 78.8 Å². The molecule has 7 nitrogen and oxygen atoms in total. The number of anilines is 1. The summed E-state index contributed by atoms with van der Waals surface area (Å²) in [6.45, 7) is 9.33. The standard InChI is InChI=1S/C31H38N4O3/c1-3-5-26-20-32-31(33-21-26)35-17-15-34(16-18-35)22-24-7-9-25(10-8-24)23-38-29-13-11-27(12-14-29)28(6-4-2)19-30(36)37/h4,6-14,20-21,28H,3,5,15-19,22-23H2,1-2H3,(H,36,37)/t28-/m1/s1. The van der Waals surface area contributed by atoms with Crippen LogP contribution in [0.25, 0.3) is 0 Å². The zero-order valence-electron chi connectivity index (χ0n) is 22.4. The Labute approximate surface area is 225 Å². The van der Waals surface area contributed by atoms with Gasteiger partial charge in [0.05, 0.1) is 6.42 Å². The third kappa shape index (κ3) is 7.89. The summed E-state index contributed by atoms with van der Waals surface area (Å²) in [7, 11) is 0. The van der Waals surface area contributed by atoms with Crippen molar-refractivity contribution in [1.82, 2.24) is 14.9 Å². The third-order valence-electron chi connectivity index (χ3n) is 6.85. The molecule has 0 spiro atoms. The molecule has 0 saturated carbocycles. The van der Waals surface area contributed by atoms with Crippen molar-refractivity contribution in [2.24, 2.45) is 0 Å². The first kappa shape index (κ1) is 27.3. The van der Waals surface area contributed by atoms with Crippen LogP contribution in [-0.2, 0) is 24.4 Å². The molecular weight excluding hydrogens is 476 g/mol. The van der Waals surface area contributed by atoms with E-state index in [0.29, 0.717) is 6.61 Å². The number of hydrogen-bond donors (Lipinski definition) is 1. The molecule has 1 aliphatic heterocycles. The maximum absolute atomic E-state index is 11.1. The van der Waals surface area contributed by atoms with E-state index in [-0.39, 0.29) is 12.3 Å². The van der Waals surface area contributed by atoms with Gasteiger partial charge in [-0.2, -0.15) is 0 Å². The molecule has 4 rings (SSSR count). The molecule has 1 saturated heterocycles. The highest BCUT2D eigenvalue weighted by atomic mass is 16.5. The molecule has 2 heterocycles. The number of carboxylic acids is 1. The van der Waals surface area contributed by atoms with E-state index in [0.717, 1.165) is 68.4 Å². The van der Waals surface area contributed by atoms with Gasteiger partial charge in [0.25, 0.3) is 0 Å². The Balaban J connectivity index is 1.22. The number of hydrogen-bond acceptors (Lipinski definition) is 6. The average Bonchev–Trinajstić information content (AvgIpc) is 2.94. The van der Waals surface area contributed by atoms with Crippen LogP contribution < -0.4 is 9.64 Å². The molecule has 3 aromatic rings. The van der Waals surface area contributed by atoms with Gasteiger partial charge in [-0.1, -0.05) is 61.9 Å². The Morgan fingerprint density at radius 2 is 1.63 bits per heavy atom. The van der Waals surface area contributed by atoms with Crippen LogP contribution in [0, 0.1) is 0 Å². The summed E-state index contributed by atoms with van der Waals surface area (Å²) in [6, 6.07) is 16.3. The van der Waals surface area contributed by atoms with Crippen LogP contribution in [0.2, 0.25) is 0 Å². The maximum atomic E-state index is 11.1. The summed E-state index contributed by atoms with van der Waals surface area (Å²) in [6.07, 6.45) is 9.95. The number of rotatable bonds is 12. The number of aliphatic carboxylic acids is 1. The van der Waals surface area contributed by atoms with Crippen LogP contribution >= 0.6 is 0 Å². The number of carbonyl (C=O) groups is 1. The zero-order chi connectivity index (χ0) is 26.7. The van der Waals surface area contributed by atoms with Crippen LogP contribution in [0.15, 0.2) is 73.1 Å². The minimum atomic E-state index is -0.804. The highest BCUT2D eigenvalue weighted by Gasteiger charge is 2.19. The first-order valence-electron chi connectivity index (χ1n) is 13.5. The molecule has 2 aromatic carbocycles. The Morgan fingerprint density at radius 3 is 2.24 bits per heavy atom. The van der Waals surface area contributed by atoms with Gasteiger partial charge in [-0.3, -0.25) is 9.69 Å². The summed E-state index contributed by atoms with van der Waals surface area (Å²) in [4.78, 5) is 25.0. The van der Waals surface area contributed by atoms with Crippen molar-refractivity contribution in [3.63, 3.8) is 0 Å². The highest BCUT2D eigenvalue weighted by molar-refractivity contribution is 5.68. The summed E-state index contributed by atoms with van der Waals surface area (Å²) in [5.41, 5.74) is 4.58. The smallest absolute Gasteiger partial charge is 0.304 e. The van der Waals surface area contributed by atoms with Gasteiger partial charge in [-0.15, -0.1) is 0 Å². The Bertz CT molecular complexity index is 1170. The SMILES string of the molecule is CC=C[C@H](CC(=O)O)c1ccc(OCc2ccc(CN3CCN(c4ncc(CCC)cn4)CC3)cc2)cc1. The maximum Gasteiger partial charge on any atom is 0.304 e. The lowest BCUT2D eigenvalue weighted by Crippen LogP contribution is -2.46. The van der Waals surface area contributed by atoms with Gasteiger partial charge in [0.15, 0.2) is 0 Å². The van der Waals surface area contributed by atoms with Gasteiger partial charge in [0.2, 0.25) is 5.95 Å². The van der Waals surface area contributed by atoms with Crippen molar-refractivity contribution in [1.29, 1.82) is 0 Å². The lowest BCUT2D eigenvalue weighted by Gasteiger charge is -2.34. The molecule has 1 fully saturated rings. The second kappa shape index (κ2) is 13.7. The van der Waals surface area contributed by atoms with Gasteiger partial charge < -0.3 is 14.7 Å². The molecule has 1 atom stereocenters. The molecule has 1 aromatic heterocycles. The molecule has 38 heavy (non-hydrogen) atoms. The van der Waals surface area contributed by atoms with Crippen molar-refractivity contribution >= 4 is 11.9 Å². The number of allylic oxidation sites excluding steroid dienone is 2. The predicted octanol–water partition coefficient (Wildman–Crippen LogP) is 5.46. The molecule has 200 valence electrons. The quantitative estimate of drug-likeness (QED) is 0.321. The molecule has 7 heteroatoms. The number of aromatic nitrogens is 2. The van der Waals surface area contributed by atoms with Crippen molar-refractivity contribution in [3.05, 3.63) is 95.3 Å². The molecule has 0 bridgehead atoms. The van der Waals surface area contributed by atoms with E-state index in [1.54, 1.807) is 0 Å². The zero-order valence-corrected chi connectivity index (χ0v) is 22.4. The average molecular weight is 515 g/mol. The number of nitrogens with zero attached hydrogens (tertiary/aromatic N) is 4. The normalized spacial score (nSPS) is 15.1. The highest BCUT2D eigenvalue weighted by Crippen LogP contribution is 2.24. The van der Waals surface area contributed by atoms with Crippen LogP contribution in [0.4, 0.5) is 5.95 Å². The van der Waals surface area contributed by atoms with E-state index in [1.807, 2.05) is 55.7 Å². The molecule has 1 aliphatic rings. The van der Waals surface area contributed by atoms with Gasteiger partial charge >= 0.3 is 5.97 Å². The molecule has 0 unspecified atom stereocenters. The molecule has 1 N–H and O–H groups in total. The number of aryl methyl sites for hydroxylation is 1. The summed E-state index contributed by atoms with van der Waals surface area (Å²) < 4.78 is 5.97. The summed E-state index contributed by atoms with van der Waals surface area (Å²) in [5.74, 6) is 0.671. The van der Waals surface area contributed by atoms with Gasteiger partial charge in [0.1, 0.15) is 12.4 Å². The predicted molar refractivity (Wildman–Crippen MR) is 151 cm³/mol. The van der Waals surface area contributed by atoms with Gasteiger partial charge in [-0.05, 0) is 47.7 Å². The Morgan fingerprint density at radius 1 is 0.974 bits per heavy atom. The summed E-state index contributed by atoms with van der Waals surface area (Å²) >= 11 is 0. The molecular formula is C31H38N4O3. The molecule has 0 amide bonds. The lowest BCUT2D eigenvalue weighted by atomic mass is 9.95. The fourth-order valence-electron chi connectivity index (χ4n) is 4.73. The second-order valence-corrected chi connectivity index (χ2v) is 9.81. The minimum Gasteiger partial charge on any atom is -0.489 e. The van der Waals surface area contributed by atoms with Crippen molar-refractivity contribution in [2.75, 3.05) is 31.1 Å². The van der Waals surface area contributed by atoms with E-state index in [9.17, 15) is 4.79 Å². The minimum absolute atomic E-state index is 0.0773. The van der Waals surface area contributed by atoms with Gasteiger partial charge in [0, 0.05) is 51.0 Å². The number of carboxylic acid groups (broad SMARTS) is 1. The summed E-state index contributed by atoms with van der Waals surface area (Å²) in [5, 5.41) is 9.16. The lowest BCUT2D eigenvalue weighted by molar-refractivity contribution is -0.137. The molecule has 0 radical (unpaired) electrons. The van der Waals surface area contributed by atoms with Crippen molar-refractivity contribution in [2.45, 2.75) is 52.2 Å². The van der Waals surface area contributed by atoms with E-state index >= 15 is 0 Å². The first-order valence-corrected chi connectivity index (χ1v) is 13.5. The van der Waals surface area contributed by atoms with E-state index in [2.05, 4.69) is 51.0 Å². The second-order valence-electron chi connectivity index (χ2n) is 9.81. The fourth-order valence-corrected chi connectivity index (χ4v) is 4.73. The largest absolute Gasteiger partial charge is 0.489 e. The third-order valence-corrected chi connectivity index (χ3v) is 6.85. The fraction of sp³-hybridized carbons (Fsp3) is 0.387. The van der Waals surface area contributed by atoms with Gasteiger partial charge in [-0.25, -0.2) is 9.97 Å². The van der Waals surface area contributed by atoms with E-state index in [1.165, 1.54) is 11.1 Å². The van der Waals surface area contributed by atoms with Crippen molar-refractivity contribution in [3.8, 4) is 5.75 Å². The van der Waals surface area contributed by atoms with Crippen LogP contribution in [-0.4, -0.2) is 52.1 Å². The Kier molecular flexibility index (Phi) is 9.87.